The minimum atomic E-state index is 0.582. The van der Waals surface area contributed by atoms with E-state index in [4.69, 9.17) is 16.3 Å². The second-order valence-corrected chi connectivity index (χ2v) is 5.39. The summed E-state index contributed by atoms with van der Waals surface area (Å²) in [6, 6.07) is 11.7. The van der Waals surface area contributed by atoms with Gasteiger partial charge in [-0.3, -0.25) is 4.57 Å². The van der Waals surface area contributed by atoms with Crippen molar-refractivity contribution in [2.45, 2.75) is 0 Å². The molecule has 0 aliphatic carbocycles. The molecule has 0 atom stereocenters. The van der Waals surface area contributed by atoms with Gasteiger partial charge in [-0.15, -0.1) is 0 Å². The van der Waals surface area contributed by atoms with Crippen LogP contribution < -0.4 is 4.74 Å². The van der Waals surface area contributed by atoms with Crippen LogP contribution >= 0.6 is 27.5 Å². The average Bonchev–Trinajstić information content (AvgIpc) is 2.81. The Bertz CT molecular complexity index is 754. The van der Waals surface area contributed by atoms with E-state index >= 15 is 0 Å². The van der Waals surface area contributed by atoms with Crippen molar-refractivity contribution in [3.8, 4) is 11.4 Å². The normalized spacial score (nSPS) is 10.9. The summed E-state index contributed by atoms with van der Waals surface area (Å²) in [6.45, 7) is 0. The zero-order chi connectivity index (χ0) is 13.4. The molecule has 0 saturated carbocycles. The van der Waals surface area contributed by atoms with Crippen LogP contribution in [0.15, 0.2) is 47.2 Å². The highest BCUT2D eigenvalue weighted by Crippen LogP contribution is 2.28. The van der Waals surface area contributed by atoms with Crippen molar-refractivity contribution >= 4 is 38.6 Å². The fraction of sp³-hybridized carbons (Fsp3) is 0.0714. The lowest BCUT2D eigenvalue weighted by molar-refractivity contribution is 0.415. The van der Waals surface area contributed by atoms with Crippen molar-refractivity contribution in [3.63, 3.8) is 0 Å². The van der Waals surface area contributed by atoms with E-state index in [0.29, 0.717) is 10.8 Å². The van der Waals surface area contributed by atoms with Crippen LogP contribution in [0.3, 0.4) is 0 Å². The molecule has 3 nitrogen and oxygen atoms in total. The minimum absolute atomic E-state index is 0.582. The third kappa shape index (κ3) is 2.22. The van der Waals surface area contributed by atoms with Gasteiger partial charge in [0.1, 0.15) is 12.1 Å². The van der Waals surface area contributed by atoms with Crippen LogP contribution in [0.5, 0.6) is 5.75 Å². The molecule has 0 N–H and O–H groups in total. The summed E-state index contributed by atoms with van der Waals surface area (Å²) < 4.78 is 8.16. The number of hydrogen-bond donors (Lipinski definition) is 0. The van der Waals surface area contributed by atoms with Gasteiger partial charge in [-0.2, -0.15) is 0 Å². The molecule has 96 valence electrons. The van der Waals surface area contributed by atoms with E-state index in [9.17, 15) is 0 Å². The maximum absolute atomic E-state index is 6.16. The monoisotopic (exact) mass is 336 g/mol. The molecule has 19 heavy (non-hydrogen) atoms. The molecule has 0 fully saturated rings. The highest BCUT2D eigenvalue weighted by molar-refractivity contribution is 9.10. The molecule has 0 saturated heterocycles. The summed E-state index contributed by atoms with van der Waals surface area (Å²) >= 11 is 9.60. The van der Waals surface area contributed by atoms with Gasteiger partial charge < -0.3 is 4.74 Å². The second kappa shape index (κ2) is 4.87. The number of rotatable bonds is 2. The van der Waals surface area contributed by atoms with E-state index in [0.717, 1.165) is 21.2 Å². The maximum atomic E-state index is 6.16. The van der Waals surface area contributed by atoms with Crippen molar-refractivity contribution in [1.82, 2.24) is 9.55 Å². The molecule has 5 heteroatoms. The molecule has 3 aromatic rings. The lowest BCUT2D eigenvalue weighted by atomic mass is 10.2. The molecule has 0 aliphatic heterocycles. The van der Waals surface area contributed by atoms with Gasteiger partial charge >= 0.3 is 0 Å². The lowest BCUT2D eigenvalue weighted by Gasteiger charge is -2.07. The number of benzene rings is 2. The zero-order valence-electron chi connectivity index (χ0n) is 10.1. The van der Waals surface area contributed by atoms with Gasteiger partial charge in [0.25, 0.3) is 0 Å². The Labute approximate surface area is 123 Å². The number of fused-ring (bicyclic) bond motifs is 1. The van der Waals surface area contributed by atoms with Crippen LogP contribution in [-0.4, -0.2) is 16.7 Å². The second-order valence-electron chi connectivity index (χ2n) is 4.07. The van der Waals surface area contributed by atoms with E-state index in [1.54, 1.807) is 13.4 Å². The van der Waals surface area contributed by atoms with Gasteiger partial charge in [0.2, 0.25) is 0 Å². The maximum Gasteiger partial charge on any atom is 0.137 e. The Morgan fingerprint density at radius 3 is 2.79 bits per heavy atom. The van der Waals surface area contributed by atoms with Crippen molar-refractivity contribution in [2.75, 3.05) is 7.11 Å². The molecule has 2 aromatic carbocycles. The minimum Gasteiger partial charge on any atom is -0.495 e. The molecule has 3 rings (SSSR count). The Kier molecular flexibility index (Phi) is 3.21. The summed E-state index contributed by atoms with van der Waals surface area (Å²) in [5.41, 5.74) is 2.92. The topological polar surface area (TPSA) is 27.1 Å². The van der Waals surface area contributed by atoms with Crippen LogP contribution in [-0.2, 0) is 0 Å². The van der Waals surface area contributed by atoms with Gasteiger partial charge in [-0.25, -0.2) is 4.98 Å². The summed E-state index contributed by atoms with van der Waals surface area (Å²) in [6.07, 6.45) is 1.79. The standard InChI is InChI=1S/C14H10BrClN2O/c1-19-14-5-3-10(7-11(14)16)18-8-17-12-6-9(15)2-4-13(12)18/h2-8H,1H3. The molecule has 0 spiro atoms. The highest BCUT2D eigenvalue weighted by Gasteiger charge is 2.07. The van der Waals surface area contributed by atoms with Crippen molar-refractivity contribution in [1.29, 1.82) is 0 Å². The van der Waals surface area contributed by atoms with Crippen molar-refractivity contribution in [2.24, 2.45) is 0 Å². The molecule has 0 radical (unpaired) electrons. The Morgan fingerprint density at radius 2 is 2.05 bits per heavy atom. The smallest absolute Gasteiger partial charge is 0.137 e. The van der Waals surface area contributed by atoms with Crippen LogP contribution in [0.1, 0.15) is 0 Å². The molecular weight excluding hydrogens is 328 g/mol. The Hall–Kier alpha value is -1.52. The third-order valence-electron chi connectivity index (χ3n) is 2.92. The van der Waals surface area contributed by atoms with Gasteiger partial charge in [-0.1, -0.05) is 27.5 Å². The van der Waals surface area contributed by atoms with Gasteiger partial charge in [-0.05, 0) is 36.4 Å². The average molecular weight is 338 g/mol. The number of ether oxygens (including phenoxy) is 1. The van der Waals surface area contributed by atoms with Gasteiger partial charge in [0.05, 0.1) is 23.2 Å². The fourth-order valence-electron chi connectivity index (χ4n) is 2.00. The van der Waals surface area contributed by atoms with Crippen LogP contribution in [0.2, 0.25) is 5.02 Å². The Balaban J connectivity index is 2.16. The van der Waals surface area contributed by atoms with Gasteiger partial charge in [0, 0.05) is 10.2 Å². The van der Waals surface area contributed by atoms with Crippen molar-refractivity contribution < 1.29 is 4.74 Å². The number of imidazole rings is 1. The van der Waals surface area contributed by atoms with Crippen LogP contribution in [0.25, 0.3) is 16.7 Å². The highest BCUT2D eigenvalue weighted by atomic mass is 79.9. The van der Waals surface area contributed by atoms with E-state index in [1.807, 2.05) is 41.0 Å². The quantitative estimate of drug-likeness (QED) is 0.691. The number of nitrogens with zero attached hydrogens (tertiary/aromatic N) is 2. The number of halogens is 2. The SMILES string of the molecule is COc1ccc(-n2cnc3cc(Br)ccc32)cc1Cl. The predicted molar refractivity (Wildman–Crippen MR) is 80.3 cm³/mol. The first-order valence-electron chi connectivity index (χ1n) is 5.65. The number of methoxy groups -OCH3 is 1. The van der Waals surface area contributed by atoms with Crippen LogP contribution in [0, 0.1) is 0 Å². The van der Waals surface area contributed by atoms with Crippen LogP contribution in [0.4, 0.5) is 0 Å². The summed E-state index contributed by atoms with van der Waals surface area (Å²) in [4.78, 5) is 4.39. The van der Waals surface area contributed by atoms with Crippen molar-refractivity contribution in [3.05, 3.63) is 52.2 Å². The lowest BCUT2D eigenvalue weighted by Crippen LogP contribution is -1.93. The summed E-state index contributed by atoms with van der Waals surface area (Å²) in [7, 11) is 1.60. The summed E-state index contributed by atoms with van der Waals surface area (Å²) in [5, 5.41) is 0.582. The zero-order valence-corrected chi connectivity index (χ0v) is 12.4. The molecule has 1 aromatic heterocycles. The number of aromatic nitrogens is 2. The van der Waals surface area contributed by atoms with E-state index in [1.165, 1.54) is 0 Å². The first-order chi connectivity index (χ1) is 9.19. The molecule has 0 aliphatic rings. The summed E-state index contributed by atoms with van der Waals surface area (Å²) in [5.74, 6) is 0.664. The first kappa shape index (κ1) is 12.5. The predicted octanol–water partition coefficient (Wildman–Crippen LogP) is 4.45. The first-order valence-corrected chi connectivity index (χ1v) is 6.82. The molecule has 0 amide bonds. The molecular formula is C14H10BrClN2O. The Morgan fingerprint density at radius 1 is 1.21 bits per heavy atom. The van der Waals surface area contributed by atoms with E-state index in [2.05, 4.69) is 20.9 Å². The van der Waals surface area contributed by atoms with E-state index in [-0.39, 0.29) is 0 Å². The molecule has 0 bridgehead atoms. The fourth-order valence-corrected chi connectivity index (χ4v) is 2.60. The molecule has 0 unspecified atom stereocenters. The largest absolute Gasteiger partial charge is 0.495 e. The number of hydrogen-bond acceptors (Lipinski definition) is 2. The van der Waals surface area contributed by atoms with E-state index < -0.39 is 0 Å². The van der Waals surface area contributed by atoms with Gasteiger partial charge in [0.15, 0.2) is 0 Å². The molecule has 1 heterocycles. The third-order valence-corrected chi connectivity index (χ3v) is 3.71.